The quantitative estimate of drug-likeness (QED) is 0.860. The number of rotatable bonds is 4. The van der Waals surface area contributed by atoms with E-state index >= 15 is 0 Å². The molecule has 1 aliphatic rings. The molecule has 150 valence electrons. The molecule has 6 nitrogen and oxygen atoms in total. The summed E-state index contributed by atoms with van der Waals surface area (Å²) in [5, 5.41) is 3.12. The molecule has 6 heteroatoms. The molecule has 0 aliphatic carbocycles. The lowest BCUT2D eigenvalue weighted by Crippen LogP contribution is -2.45. The first kappa shape index (κ1) is 20.0. The van der Waals surface area contributed by atoms with E-state index in [-0.39, 0.29) is 24.0 Å². The summed E-state index contributed by atoms with van der Waals surface area (Å²) in [4.78, 5) is 26.8. The van der Waals surface area contributed by atoms with Gasteiger partial charge < -0.3 is 19.4 Å². The zero-order valence-corrected chi connectivity index (χ0v) is 16.7. The molecular formula is C22H28N2O4. The topological polar surface area (TPSA) is 71.8 Å². The van der Waals surface area contributed by atoms with Crippen LogP contribution in [0.2, 0.25) is 0 Å². The molecule has 0 bridgehead atoms. The Bertz CT molecular complexity index is 773. The van der Waals surface area contributed by atoms with Crippen molar-refractivity contribution >= 4 is 12.0 Å². The molecular weight excluding hydrogens is 356 g/mol. The summed E-state index contributed by atoms with van der Waals surface area (Å²) in [5.41, 5.74) is 0.453. The van der Waals surface area contributed by atoms with Crippen LogP contribution in [0.25, 0.3) is 0 Å². The summed E-state index contributed by atoms with van der Waals surface area (Å²) < 4.78 is 11.0. The highest BCUT2D eigenvalue weighted by atomic mass is 16.6. The molecule has 2 amide bonds. The van der Waals surface area contributed by atoms with Gasteiger partial charge in [-0.25, -0.2) is 4.79 Å². The van der Waals surface area contributed by atoms with Crippen molar-refractivity contribution in [2.45, 2.75) is 45.3 Å². The Morgan fingerprint density at radius 3 is 2.36 bits per heavy atom. The molecule has 28 heavy (non-hydrogen) atoms. The number of ether oxygens (including phenoxy) is 1. The second-order valence-electron chi connectivity index (χ2n) is 8.11. The largest absolute Gasteiger partial charge is 0.467 e. The van der Waals surface area contributed by atoms with Crippen molar-refractivity contribution in [2.75, 3.05) is 13.1 Å². The van der Waals surface area contributed by atoms with Gasteiger partial charge in [-0.05, 0) is 51.3 Å². The van der Waals surface area contributed by atoms with Gasteiger partial charge in [0.2, 0.25) is 5.91 Å². The third-order valence-corrected chi connectivity index (χ3v) is 4.76. The van der Waals surface area contributed by atoms with E-state index in [4.69, 9.17) is 9.15 Å². The van der Waals surface area contributed by atoms with Crippen molar-refractivity contribution < 1.29 is 18.7 Å². The molecule has 1 aliphatic heterocycles. The molecule has 3 rings (SSSR count). The number of likely N-dealkylation sites (tertiary alicyclic amines) is 1. The zero-order chi connectivity index (χ0) is 20.1. The number of hydrogen-bond acceptors (Lipinski definition) is 4. The van der Waals surface area contributed by atoms with Gasteiger partial charge in [0, 0.05) is 19.0 Å². The fourth-order valence-electron chi connectivity index (χ4n) is 3.33. The molecule has 1 N–H and O–H groups in total. The maximum Gasteiger partial charge on any atom is 0.410 e. The summed E-state index contributed by atoms with van der Waals surface area (Å²) in [6.45, 7) is 6.59. The minimum absolute atomic E-state index is 0.0194. The Balaban J connectivity index is 1.61. The van der Waals surface area contributed by atoms with E-state index in [1.807, 2.05) is 63.2 Å². The first-order chi connectivity index (χ1) is 13.3. The fourth-order valence-corrected chi connectivity index (χ4v) is 3.33. The molecule has 0 radical (unpaired) electrons. The molecule has 1 fully saturated rings. The fraction of sp³-hybridized carbons (Fsp3) is 0.455. The van der Waals surface area contributed by atoms with Gasteiger partial charge in [0.15, 0.2) is 0 Å². The van der Waals surface area contributed by atoms with Crippen molar-refractivity contribution in [1.82, 2.24) is 10.2 Å². The molecule has 1 aromatic heterocycles. The van der Waals surface area contributed by atoms with Crippen molar-refractivity contribution in [1.29, 1.82) is 0 Å². The highest BCUT2D eigenvalue weighted by Gasteiger charge is 2.31. The summed E-state index contributed by atoms with van der Waals surface area (Å²) in [7, 11) is 0. The summed E-state index contributed by atoms with van der Waals surface area (Å²) in [6, 6.07) is 13.1. The van der Waals surface area contributed by atoms with Gasteiger partial charge in [-0.3, -0.25) is 4.79 Å². The van der Waals surface area contributed by atoms with Gasteiger partial charge in [-0.2, -0.15) is 0 Å². The van der Waals surface area contributed by atoms with E-state index < -0.39 is 5.60 Å². The van der Waals surface area contributed by atoms with E-state index in [0.29, 0.717) is 31.7 Å². The second kappa shape index (κ2) is 8.50. The monoisotopic (exact) mass is 384 g/mol. The zero-order valence-electron chi connectivity index (χ0n) is 16.7. The number of piperidine rings is 1. The Morgan fingerprint density at radius 2 is 1.79 bits per heavy atom. The van der Waals surface area contributed by atoms with Crippen LogP contribution in [0.4, 0.5) is 4.79 Å². The SMILES string of the molecule is CC(C)(C)OC(=O)N1CCC(C(=O)NC(c2ccccc2)c2ccco2)CC1. The van der Waals surface area contributed by atoms with Crippen LogP contribution in [-0.2, 0) is 9.53 Å². The van der Waals surface area contributed by atoms with Gasteiger partial charge in [0.05, 0.1) is 6.26 Å². The first-order valence-electron chi connectivity index (χ1n) is 9.70. The van der Waals surface area contributed by atoms with E-state index in [1.165, 1.54) is 0 Å². The summed E-state index contributed by atoms with van der Waals surface area (Å²) in [6.07, 6.45) is 2.52. The molecule has 1 atom stereocenters. The summed E-state index contributed by atoms with van der Waals surface area (Å²) in [5.74, 6) is 0.541. The van der Waals surface area contributed by atoms with Crippen LogP contribution in [0.5, 0.6) is 0 Å². The number of nitrogens with one attached hydrogen (secondary N) is 1. The molecule has 2 aromatic rings. The van der Waals surface area contributed by atoms with Crippen LogP contribution >= 0.6 is 0 Å². The van der Waals surface area contributed by atoms with Gasteiger partial charge in [0.1, 0.15) is 17.4 Å². The molecule has 2 heterocycles. The predicted octanol–water partition coefficient (Wildman–Crippen LogP) is 4.13. The van der Waals surface area contributed by atoms with Crippen LogP contribution in [0.1, 0.15) is 51.0 Å². The lowest BCUT2D eigenvalue weighted by molar-refractivity contribution is -0.127. The Kier molecular flexibility index (Phi) is 6.07. The number of carbonyl (C=O) groups is 2. The van der Waals surface area contributed by atoms with E-state index in [1.54, 1.807) is 11.2 Å². The van der Waals surface area contributed by atoms with Crippen LogP contribution < -0.4 is 5.32 Å². The third kappa shape index (κ3) is 5.15. The van der Waals surface area contributed by atoms with Crippen molar-refractivity contribution in [3.05, 3.63) is 60.1 Å². The second-order valence-corrected chi connectivity index (χ2v) is 8.11. The maximum atomic E-state index is 12.9. The van der Waals surface area contributed by atoms with Gasteiger partial charge >= 0.3 is 6.09 Å². The minimum Gasteiger partial charge on any atom is -0.467 e. The smallest absolute Gasteiger partial charge is 0.410 e. The van der Waals surface area contributed by atoms with Gasteiger partial charge in [0.25, 0.3) is 0 Å². The van der Waals surface area contributed by atoms with Crippen LogP contribution in [0.3, 0.4) is 0 Å². The third-order valence-electron chi connectivity index (χ3n) is 4.76. The molecule has 1 aromatic carbocycles. The molecule has 1 unspecified atom stereocenters. The van der Waals surface area contributed by atoms with Crippen LogP contribution in [0, 0.1) is 5.92 Å². The minimum atomic E-state index is -0.517. The Hall–Kier alpha value is -2.76. The Labute approximate surface area is 165 Å². The van der Waals surface area contributed by atoms with Gasteiger partial charge in [-0.15, -0.1) is 0 Å². The highest BCUT2D eigenvalue weighted by Crippen LogP contribution is 2.25. The normalized spacial score (nSPS) is 16.5. The molecule has 1 saturated heterocycles. The van der Waals surface area contributed by atoms with E-state index in [0.717, 1.165) is 5.56 Å². The number of nitrogens with zero attached hydrogens (tertiary/aromatic N) is 1. The van der Waals surface area contributed by atoms with Crippen molar-refractivity contribution in [3.8, 4) is 0 Å². The number of benzene rings is 1. The van der Waals surface area contributed by atoms with Crippen LogP contribution in [-0.4, -0.2) is 35.6 Å². The predicted molar refractivity (Wildman–Crippen MR) is 106 cm³/mol. The number of amides is 2. The molecule has 0 saturated carbocycles. The van der Waals surface area contributed by atoms with Gasteiger partial charge in [-0.1, -0.05) is 30.3 Å². The highest BCUT2D eigenvalue weighted by molar-refractivity contribution is 5.80. The van der Waals surface area contributed by atoms with Crippen LogP contribution in [0.15, 0.2) is 53.1 Å². The van der Waals surface area contributed by atoms with Crippen molar-refractivity contribution in [3.63, 3.8) is 0 Å². The van der Waals surface area contributed by atoms with E-state index in [2.05, 4.69) is 5.32 Å². The Morgan fingerprint density at radius 1 is 1.11 bits per heavy atom. The number of carbonyl (C=O) groups excluding carboxylic acids is 2. The maximum absolute atomic E-state index is 12.9. The average molecular weight is 384 g/mol. The van der Waals surface area contributed by atoms with E-state index in [9.17, 15) is 9.59 Å². The molecule has 0 spiro atoms. The lowest BCUT2D eigenvalue weighted by Gasteiger charge is -2.33. The standard InChI is InChI=1S/C22H28N2O4/c1-22(2,3)28-21(26)24-13-11-17(12-14-24)20(25)23-19(18-10-7-15-27-18)16-8-5-4-6-9-16/h4-10,15,17,19H,11-14H2,1-3H3,(H,23,25). The van der Waals surface area contributed by atoms with Crippen molar-refractivity contribution in [2.24, 2.45) is 5.92 Å². The lowest BCUT2D eigenvalue weighted by atomic mass is 9.95. The average Bonchev–Trinajstić information content (AvgIpc) is 3.20. The first-order valence-corrected chi connectivity index (χ1v) is 9.70. The number of hydrogen-bond donors (Lipinski definition) is 1. The summed E-state index contributed by atoms with van der Waals surface area (Å²) >= 11 is 0. The number of furan rings is 1.